The SMILES string of the molecule is CCc1nc2[nH]c(=O)c(CC)c(C)n2n1. The molecule has 0 bridgehead atoms. The van der Waals surface area contributed by atoms with E-state index in [0.717, 1.165) is 23.5 Å². The molecule has 2 heterocycles. The van der Waals surface area contributed by atoms with Crippen molar-refractivity contribution in [3.05, 3.63) is 27.4 Å². The second-order valence-corrected chi connectivity index (χ2v) is 3.49. The molecule has 5 nitrogen and oxygen atoms in total. The Balaban J connectivity index is 2.82. The molecular weight excluding hydrogens is 192 g/mol. The van der Waals surface area contributed by atoms with Gasteiger partial charge in [0.1, 0.15) is 0 Å². The van der Waals surface area contributed by atoms with Crippen molar-refractivity contribution in [2.24, 2.45) is 0 Å². The van der Waals surface area contributed by atoms with Crippen LogP contribution in [-0.2, 0) is 12.8 Å². The van der Waals surface area contributed by atoms with Crippen LogP contribution < -0.4 is 5.56 Å². The van der Waals surface area contributed by atoms with E-state index in [1.54, 1.807) is 4.52 Å². The van der Waals surface area contributed by atoms with Crippen molar-refractivity contribution in [3.8, 4) is 0 Å². The van der Waals surface area contributed by atoms with Crippen LogP contribution in [-0.4, -0.2) is 19.6 Å². The van der Waals surface area contributed by atoms with E-state index in [2.05, 4.69) is 15.1 Å². The minimum Gasteiger partial charge on any atom is -0.291 e. The third kappa shape index (κ3) is 1.44. The Bertz CT molecular complexity index is 552. The molecule has 2 aromatic heterocycles. The summed E-state index contributed by atoms with van der Waals surface area (Å²) in [6.07, 6.45) is 1.48. The van der Waals surface area contributed by atoms with Crippen molar-refractivity contribution in [3.63, 3.8) is 0 Å². The fourth-order valence-electron chi connectivity index (χ4n) is 1.70. The van der Waals surface area contributed by atoms with E-state index in [4.69, 9.17) is 0 Å². The second kappa shape index (κ2) is 3.49. The van der Waals surface area contributed by atoms with Gasteiger partial charge in [-0.2, -0.15) is 4.98 Å². The van der Waals surface area contributed by atoms with Crippen molar-refractivity contribution < 1.29 is 0 Å². The smallest absolute Gasteiger partial charge is 0.255 e. The van der Waals surface area contributed by atoms with Crippen LogP contribution in [0.2, 0.25) is 0 Å². The lowest BCUT2D eigenvalue weighted by atomic mass is 10.2. The van der Waals surface area contributed by atoms with E-state index >= 15 is 0 Å². The molecule has 0 aliphatic rings. The van der Waals surface area contributed by atoms with Crippen LogP contribution in [0, 0.1) is 6.92 Å². The van der Waals surface area contributed by atoms with E-state index in [-0.39, 0.29) is 5.56 Å². The molecule has 5 heteroatoms. The van der Waals surface area contributed by atoms with Gasteiger partial charge in [0.2, 0.25) is 5.78 Å². The Morgan fingerprint density at radius 2 is 2.07 bits per heavy atom. The fourth-order valence-corrected chi connectivity index (χ4v) is 1.70. The largest absolute Gasteiger partial charge is 0.291 e. The molecule has 0 atom stereocenters. The lowest BCUT2D eigenvalue weighted by Crippen LogP contribution is -2.17. The first-order valence-corrected chi connectivity index (χ1v) is 5.14. The molecule has 1 N–H and O–H groups in total. The molecule has 0 fully saturated rings. The maximum atomic E-state index is 11.6. The van der Waals surface area contributed by atoms with Crippen LogP contribution in [0.3, 0.4) is 0 Å². The lowest BCUT2D eigenvalue weighted by Gasteiger charge is -2.02. The van der Waals surface area contributed by atoms with Gasteiger partial charge < -0.3 is 0 Å². The van der Waals surface area contributed by atoms with Crippen molar-refractivity contribution in [1.82, 2.24) is 19.6 Å². The average molecular weight is 206 g/mol. The van der Waals surface area contributed by atoms with E-state index in [1.165, 1.54) is 0 Å². The van der Waals surface area contributed by atoms with Crippen molar-refractivity contribution in [1.29, 1.82) is 0 Å². The zero-order chi connectivity index (χ0) is 11.0. The maximum absolute atomic E-state index is 11.6. The van der Waals surface area contributed by atoms with Gasteiger partial charge >= 0.3 is 0 Å². The predicted octanol–water partition coefficient (Wildman–Crippen LogP) is 0.851. The molecule has 0 aromatic carbocycles. The van der Waals surface area contributed by atoms with E-state index in [0.29, 0.717) is 12.2 Å². The number of fused-ring (bicyclic) bond motifs is 1. The highest BCUT2D eigenvalue weighted by Gasteiger charge is 2.10. The number of aromatic nitrogens is 4. The monoisotopic (exact) mass is 206 g/mol. The molecule has 0 saturated heterocycles. The Morgan fingerprint density at radius 3 is 2.67 bits per heavy atom. The normalized spacial score (nSPS) is 11.1. The highest BCUT2D eigenvalue weighted by atomic mass is 16.1. The first-order valence-electron chi connectivity index (χ1n) is 5.14. The summed E-state index contributed by atoms with van der Waals surface area (Å²) in [5, 5.41) is 4.32. The van der Waals surface area contributed by atoms with Gasteiger partial charge in [-0.3, -0.25) is 9.78 Å². The van der Waals surface area contributed by atoms with Crippen LogP contribution in [0.4, 0.5) is 0 Å². The summed E-state index contributed by atoms with van der Waals surface area (Å²) in [5.74, 6) is 1.29. The summed E-state index contributed by atoms with van der Waals surface area (Å²) in [4.78, 5) is 18.6. The zero-order valence-electron chi connectivity index (χ0n) is 9.16. The number of aryl methyl sites for hydroxylation is 2. The molecule has 15 heavy (non-hydrogen) atoms. The predicted molar refractivity (Wildman–Crippen MR) is 57.1 cm³/mol. The number of H-pyrrole nitrogens is 1. The third-order valence-corrected chi connectivity index (χ3v) is 2.57. The molecule has 2 aromatic rings. The van der Waals surface area contributed by atoms with Crippen LogP contribution in [0.15, 0.2) is 4.79 Å². The molecule has 0 saturated carbocycles. The van der Waals surface area contributed by atoms with Crippen molar-refractivity contribution in [2.75, 3.05) is 0 Å². The van der Waals surface area contributed by atoms with Gasteiger partial charge in [0.25, 0.3) is 5.56 Å². The minimum atomic E-state index is -0.0578. The van der Waals surface area contributed by atoms with Gasteiger partial charge in [-0.15, -0.1) is 5.10 Å². The van der Waals surface area contributed by atoms with Gasteiger partial charge in [0, 0.05) is 12.0 Å². The zero-order valence-corrected chi connectivity index (χ0v) is 9.16. The third-order valence-electron chi connectivity index (χ3n) is 2.57. The first kappa shape index (κ1) is 9.89. The average Bonchev–Trinajstić information content (AvgIpc) is 2.61. The quantitative estimate of drug-likeness (QED) is 0.792. The topological polar surface area (TPSA) is 63.0 Å². The molecule has 0 spiro atoms. The number of hydrogen-bond donors (Lipinski definition) is 1. The van der Waals surface area contributed by atoms with Gasteiger partial charge in [0.05, 0.1) is 5.69 Å². The molecule has 80 valence electrons. The summed E-state index contributed by atoms with van der Waals surface area (Å²) in [6, 6.07) is 0. The second-order valence-electron chi connectivity index (χ2n) is 3.49. The summed E-state index contributed by atoms with van der Waals surface area (Å²) in [6.45, 7) is 5.85. The lowest BCUT2D eigenvalue weighted by molar-refractivity contribution is 0.825. The number of nitrogens with zero attached hydrogens (tertiary/aromatic N) is 3. The summed E-state index contributed by atoms with van der Waals surface area (Å²) < 4.78 is 1.71. The number of rotatable bonds is 2. The maximum Gasteiger partial charge on any atom is 0.255 e. The highest BCUT2D eigenvalue weighted by molar-refractivity contribution is 5.32. The molecule has 2 rings (SSSR count). The number of nitrogens with one attached hydrogen (secondary N) is 1. The Morgan fingerprint density at radius 1 is 1.33 bits per heavy atom. The summed E-state index contributed by atoms with van der Waals surface area (Å²) >= 11 is 0. The molecular formula is C10H14N4O. The number of hydrogen-bond acceptors (Lipinski definition) is 3. The summed E-state index contributed by atoms with van der Waals surface area (Å²) in [5.41, 5.74) is 1.59. The van der Waals surface area contributed by atoms with E-state index < -0.39 is 0 Å². The standard InChI is InChI=1S/C10H14N4O/c1-4-7-6(3)14-10(12-9(7)15)11-8(5-2)13-14/h4-5H2,1-3H3,(H,11,12,13,15). The Labute approximate surface area is 87.2 Å². The molecule has 0 amide bonds. The van der Waals surface area contributed by atoms with Crippen LogP contribution in [0.1, 0.15) is 30.9 Å². The van der Waals surface area contributed by atoms with Crippen LogP contribution in [0.25, 0.3) is 5.78 Å². The Kier molecular flexibility index (Phi) is 2.30. The van der Waals surface area contributed by atoms with Gasteiger partial charge in [-0.05, 0) is 13.3 Å². The van der Waals surface area contributed by atoms with Crippen LogP contribution in [0.5, 0.6) is 0 Å². The molecule has 0 unspecified atom stereocenters. The number of aromatic amines is 1. The summed E-state index contributed by atoms with van der Waals surface area (Å²) in [7, 11) is 0. The minimum absolute atomic E-state index is 0.0578. The van der Waals surface area contributed by atoms with Gasteiger partial charge in [-0.25, -0.2) is 4.52 Å². The molecule has 0 radical (unpaired) electrons. The van der Waals surface area contributed by atoms with Gasteiger partial charge in [0.15, 0.2) is 5.82 Å². The molecule has 0 aliphatic heterocycles. The van der Waals surface area contributed by atoms with Crippen molar-refractivity contribution in [2.45, 2.75) is 33.6 Å². The Hall–Kier alpha value is -1.65. The van der Waals surface area contributed by atoms with Crippen molar-refractivity contribution >= 4 is 5.78 Å². The van der Waals surface area contributed by atoms with Crippen LogP contribution >= 0.6 is 0 Å². The molecule has 0 aliphatic carbocycles. The highest BCUT2D eigenvalue weighted by Crippen LogP contribution is 2.05. The van der Waals surface area contributed by atoms with E-state index in [1.807, 2.05) is 20.8 Å². The first-order chi connectivity index (χ1) is 7.17. The van der Waals surface area contributed by atoms with Gasteiger partial charge in [-0.1, -0.05) is 13.8 Å². The van der Waals surface area contributed by atoms with E-state index in [9.17, 15) is 4.79 Å². The fraction of sp³-hybridized carbons (Fsp3) is 0.500.